The molecule has 47 heavy (non-hydrogen) atoms. The predicted molar refractivity (Wildman–Crippen MR) is 168 cm³/mol. The number of halogens is 3. The normalized spacial score (nSPS) is 16.6. The number of fused-ring (bicyclic) bond motifs is 1. The fourth-order valence-corrected chi connectivity index (χ4v) is 5.87. The zero-order valence-corrected chi connectivity index (χ0v) is 25.4. The first-order chi connectivity index (χ1) is 22.6. The topological polar surface area (TPSA) is 95.9 Å². The Hall–Kier alpha value is -5.12. The van der Waals surface area contributed by atoms with Crippen LogP contribution in [0.4, 0.5) is 13.2 Å². The lowest BCUT2D eigenvalue weighted by molar-refractivity contribution is -0.145. The molecular weight excluding hydrogens is 609 g/mol. The van der Waals surface area contributed by atoms with Gasteiger partial charge in [0.15, 0.2) is 0 Å². The van der Waals surface area contributed by atoms with Gasteiger partial charge in [-0.25, -0.2) is 4.79 Å². The number of ether oxygens (including phenoxy) is 1. The second-order valence-electron chi connectivity index (χ2n) is 12.0. The van der Waals surface area contributed by atoms with Crippen LogP contribution in [0.3, 0.4) is 0 Å². The molecule has 6 rings (SSSR count). The summed E-state index contributed by atoms with van der Waals surface area (Å²) in [5, 5.41) is 12.8. The fraction of sp³-hybridized carbons (Fsp3) is 0.270. The number of amides is 2. The van der Waals surface area contributed by atoms with Gasteiger partial charge in [0.2, 0.25) is 11.8 Å². The first-order valence-electron chi connectivity index (χ1n) is 15.5. The van der Waals surface area contributed by atoms with E-state index in [0.29, 0.717) is 29.8 Å². The summed E-state index contributed by atoms with van der Waals surface area (Å²) in [4.78, 5) is 41.2. The summed E-state index contributed by atoms with van der Waals surface area (Å²) in [6, 6.07) is 24.8. The summed E-state index contributed by atoms with van der Waals surface area (Å²) in [5.74, 6) is -1.74. The second-order valence-corrected chi connectivity index (χ2v) is 12.0. The van der Waals surface area contributed by atoms with Crippen LogP contribution in [0.25, 0.3) is 11.1 Å². The third-order valence-electron chi connectivity index (χ3n) is 8.61. The highest BCUT2D eigenvalue weighted by Gasteiger charge is 2.42. The molecule has 0 bridgehead atoms. The molecule has 4 aromatic carbocycles. The summed E-state index contributed by atoms with van der Waals surface area (Å²) < 4.78 is 44.8. The van der Waals surface area contributed by atoms with Crippen molar-refractivity contribution < 1.29 is 37.4 Å². The van der Waals surface area contributed by atoms with Crippen molar-refractivity contribution in [3.8, 4) is 16.9 Å². The summed E-state index contributed by atoms with van der Waals surface area (Å²) in [7, 11) is 0. The number of carbonyl (C=O) groups is 3. The van der Waals surface area contributed by atoms with E-state index in [1.165, 1.54) is 17.0 Å². The molecule has 242 valence electrons. The van der Waals surface area contributed by atoms with E-state index in [-0.39, 0.29) is 24.9 Å². The monoisotopic (exact) mass is 642 g/mol. The SMILES string of the molecule is O=C(N[C@@H](Cc1ccc(-c2ccccc2)cc1)C(=O)O)C1c2cc(OCc3ccc(C(F)(F)F)cc3)ccc2CCN1C(=O)C1CC1. The molecular formula is C37H33F3N2O5. The molecule has 0 aromatic heterocycles. The van der Waals surface area contributed by atoms with Crippen molar-refractivity contribution in [1.82, 2.24) is 10.2 Å². The summed E-state index contributed by atoms with van der Waals surface area (Å²) in [5.41, 5.74) is 3.87. The van der Waals surface area contributed by atoms with Gasteiger partial charge in [-0.1, -0.05) is 72.8 Å². The lowest BCUT2D eigenvalue weighted by Gasteiger charge is -2.37. The van der Waals surface area contributed by atoms with Crippen LogP contribution in [0.15, 0.2) is 97.1 Å². The van der Waals surface area contributed by atoms with Gasteiger partial charge in [0.1, 0.15) is 24.4 Å². The first-order valence-corrected chi connectivity index (χ1v) is 15.5. The number of hydrogen-bond donors (Lipinski definition) is 2. The molecule has 0 saturated heterocycles. The number of carbonyl (C=O) groups excluding carboxylic acids is 2. The molecule has 0 spiro atoms. The molecule has 1 unspecified atom stereocenters. The van der Waals surface area contributed by atoms with Gasteiger partial charge in [0.05, 0.1) is 5.56 Å². The highest BCUT2D eigenvalue weighted by atomic mass is 19.4. The number of benzene rings is 4. The number of alkyl halides is 3. The quantitative estimate of drug-likeness (QED) is 0.203. The summed E-state index contributed by atoms with van der Waals surface area (Å²) >= 11 is 0. The third-order valence-corrected chi connectivity index (χ3v) is 8.61. The van der Waals surface area contributed by atoms with Crippen LogP contribution in [0.2, 0.25) is 0 Å². The Bertz CT molecular complexity index is 1750. The standard InChI is InChI=1S/C37H33F3N2O5/c38-37(39,40)29-15-8-24(9-16-29)22-47-30-17-14-27-18-19-42(35(44)28-12-13-28)33(31(27)21-30)34(43)41-32(36(45)46)20-23-6-10-26(11-7-23)25-4-2-1-3-5-25/h1-11,14-17,21,28,32-33H,12-13,18-20,22H2,(H,41,43)(H,45,46)/t32-,33?/m0/s1. The molecule has 0 radical (unpaired) electrons. The molecule has 10 heteroatoms. The van der Waals surface area contributed by atoms with Crippen LogP contribution >= 0.6 is 0 Å². The van der Waals surface area contributed by atoms with E-state index in [1.54, 1.807) is 18.2 Å². The Labute approximate surface area is 270 Å². The number of carboxylic acids is 1. The van der Waals surface area contributed by atoms with E-state index in [9.17, 15) is 32.7 Å². The van der Waals surface area contributed by atoms with Crippen LogP contribution in [0.5, 0.6) is 5.75 Å². The molecule has 1 heterocycles. The molecule has 4 aromatic rings. The zero-order valence-electron chi connectivity index (χ0n) is 25.4. The van der Waals surface area contributed by atoms with E-state index < -0.39 is 35.7 Å². The van der Waals surface area contributed by atoms with Gasteiger partial charge in [0, 0.05) is 18.9 Å². The van der Waals surface area contributed by atoms with Crippen molar-refractivity contribution in [1.29, 1.82) is 0 Å². The average molecular weight is 643 g/mol. The van der Waals surface area contributed by atoms with Gasteiger partial charge in [-0.2, -0.15) is 13.2 Å². The molecule has 2 aliphatic rings. The Morgan fingerprint density at radius 3 is 2.17 bits per heavy atom. The van der Waals surface area contributed by atoms with Crippen molar-refractivity contribution in [3.05, 3.63) is 125 Å². The van der Waals surface area contributed by atoms with Gasteiger partial charge in [-0.05, 0) is 76.9 Å². The van der Waals surface area contributed by atoms with E-state index in [4.69, 9.17) is 4.74 Å². The third kappa shape index (κ3) is 7.48. The van der Waals surface area contributed by atoms with Gasteiger partial charge < -0.3 is 20.1 Å². The smallest absolute Gasteiger partial charge is 0.416 e. The summed E-state index contributed by atoms with van der Waals surface area (Å²) in [6.07, 6.45) is -2.41. The number of nitrogens with one attached hydrogen (secondary N) is 1. The Balaban J connectivity index is 1.21. The van der Waals surface area contributed by atoms with Crippen molar-refractivity contribution in [2.24, 2.45) is 5.92 Å². The lowest BCUT2D eigenvalue weighted by atomic mass is 9.90. The fourth-order valence-electron chi connectivity index (χ4n) is 5.87. The van der Waals surface area contributed by atoms with Crippen LogP contribution in [0, 0.1) is 5.92 Å². The first kappa shape index (κ1) is 31.8. The van der Waals surface area contributed by atoms with Crippen LogP contribution in [0.1, 0.15) is 46.7 Å². The van der Waals surface area contributed by atoms with Gasteiger partial charge in [-0.15, -0.1) is 0 Å². The Morgan fingerprint density at radius 2 is 1.53 bits per heavy atom. The van der Waals surface area contributed by atoms with E-state index >= 15 is 0 Å². The molecule has 1 aliphatic carbocycles. The number of aliphatic carboxylic acids is 1. The second kappa shape index (κ2) is 13.3. The largest absolute Gasteiger partial charge is 0.489 e. The van der Waals surface area contributed by atoms with Crippen molar-refractivity contribution in [2.45, 2.75) is 50.6 Å². The summed E-state index contributed by atoms with van der Waals surface area (Å²) in [6.45, 7) is 0.299. The lowest BCUT2D eigenvalue weighted by Crippen LogP contribution is -2.51. The minimum Gasteiger partial charge on any atom is -0.489 e. The number of carboxylic acid groups (broad SMARTS) is 1. The average Bonchev–Trinajstić information content (AvgIpc) is 3.92. The van der Waals surface area contributed by atoms with Crippen molar-refractivity contribution >= 4 is 17.8 Å². The van der Waals surface area contributed by atoms with E-state index in [0.717, 1.165) is 47.2 Å². The molecule has 2 atom stereocenters. The molecule has 2 N–H and O–H groups in total. The highest BCUT2D eigenvalue weighted by molar-refractivity contribution is 5.93. The van der Waals surface area contributed by atoms with Gasteiger partial charge in [-0.3, -0.25) is 9.59 Å². The molecule has 2 amide bonds. The minimum absolute atomic E-state index is 0.0113. The molecule has 1 saturated carbocycles. The Morgan fingerprint density at radius 1 is 0.872 bits per heavy atom. The van der Waals surface area contributed by atoms with Crippen molar-refractivity contribution in [2.75, 3.05) is 6.54 Å². The maximum absolute atomic E-state index is 14.0. The van der Waals surface area contributed by atoms with Gasteiger partial charge >= 0.3 is 12.1 Å². The maximum atomic E-state index is 14.0. The van der Waals surface area contributed by atoms with E-state index in [1.807, 2.05) is 54.6 Å². The number of nitrogens with zero attached hydrogens (tertiary/aromatic N) is 1. The molecule has 1 aliphatic heterocycles. The molecule has 7 nitrogen and oxygen atoms in total. The number of hydrogen-bond acceptors (Lipinski definition) is 4. The zero-order chi connectivity index (χ0) is 33.1. The van der Waals surface area contributed by atoms with Gasteiger partial charge in [0.25, 0.3) is 0 Å². The minimum atomic E-state index is -4.44. The van der Waals surface area contributed by atoms with Crippen LogP contribution in [-0.4, -0.2) is 40.4 Å². The number of rotatable bonds is 10. The maximum Gasteiger partial charge on any atom is 0.416 e. The van der Waals surface area contributed by atoms with E-state index in [2.05, 4.69) is 5.32 Å². The highest BCUT2D eigenvalue weighted by Crippen LogP contribution is 2.39. The van der Waals surface area contributed by atoms with Crippen molar-refractivity contribution in [3.63, 3.8) is 0 Å². The Kier molecular flexibility index (Phi) is 9.02. The molecule has 1 fully saturated rings. The van der Waals surface area contributed by atoms with Crippen LogP contribution < -0.4 is 10.1 Å². The predicted octanol–water partition coefficient (Wildman–Crippen LogP) is 6.60. The van der Waals surface area contributed by atoms with Crippen LogP contribution in [-0.2, 0) is 40.0 Å².